The zero-order valence-electron chi connectivity index (χ0n) is 14.9. The van der Waals surface area contributed by atoms with Crippen molar-refractivity contribution in [1.82, 2.24) is 0 Å². The van der Waals surface area contributed by atoms with Crippen molar-refractivity contribution in [3.63, 3.8) is 0 Å². The number of ether oxygens (including phenoxy) is 3. The molecular weight excluding hydrogens is 346 g/mol. The summed E-state index contributed by atoms with van der Waals surface area (Å²) in [6.45, 7) is 0.178. The van der Waals surface area contributed by atoms with E-state index >= 15 is 0 Å². The number of benzene rings is 2. The Hall–Kier alpha value is -2.19. The largest absolute Gasteiger partial charge is 0.392 e. The molecule has 5 nitrogen and oxygen atoms in total. The van der Waals surface area contributed by atoms with Crippen molar-refractivity contribution >= 4 is 6.29 Å². The van der Waals surface area contributed by atoms with Crippen LogP contribution in [-0.4, -0.2) is 32.7 Å². The Labute approximate surface area is 151 Å². The first-order valence-corrected chi connectivity index (χ1v) is 7.68. The second kappa shape index (κ2) is 11.4. The summed E-state index contributed by atoms with van der Waals surface area (Å²) in [5.41, 5.74) is 1.65. The lowest BCUT2D eigenvalue weighted by Gasteiger charge is -2.14. The Morgan fingerprint density at radius 1 is 1.00 bits per heavy atom. The molecule has 0 spiro atoms. The molecule has 0 radical (unpaired) electrons. The maximum atomic E-state index is 13.4. The Balaban J connectivity index is 0.000000263. The molecule has 0 aromatic heterocycles. The number of halogens is 2. The van der Waals surface area contributed by atoms with Gasteiger partial charge >= 0.3 is 0 Å². The van der Waals surface area contributed by atoms with E-state index < -0.39 is 17.9 Å². The van der Waals surface area contributed by atoms with E-state index in [0.717, 1.165) is 5.56 Å². The predicted molar refractivity (Wildman–Crippen MR) is 91.6 cm³/mol. The molecular formula is C19H22F2O5. The second-order valence-corrected chi connectivity index (χ2v) is 5.22. The van der Waals surface area contributed by atoms with Gasteiger partial charge in [-0.05, 0) is 29.3 Å². The van der Waals surface area contributed by atoms with Gasteiger partial charge in [0.2, 0.25) is 0 Å². The summed E-state index contributed by atoms with van der Waals surface area (Å²) in [6.07, 6.45) is -0.214. The lowest BCUT2D eigenvalue weighted by Crippen LogP contribution is -2.06. The summed E-state index contributed by atoms with van der Waals surface area (Å²) in [7, 11) is 4.41. The van der Waals surface area contributed by atoms with Gasteiger partial charge in [-0.2, -0.15) is 0 Å². The van der Waals surface area contributed by atoms with E-state index in [0.29, 0.717) is 24.0 Å². The summed E-state index contributed by atoms with van der Waals surface area (Å²) >= 11 is 0. The van der Waals surface area contributed by atoms with E-state index in [9.17, 15) is 13.6 Å². The topological polar surface area (TPSA) is 65.0 Å². The highest BCUT2D eigenvalue weighted by molar-refractivity contribution is 5.75. The summed E-state index contributed by atoms with van der Waals surface area (Å²) in [5.74, 6) is -0.940. The molecule has 0 saturated heterocycles. The summed E-state index contributed by atoms with van der Waals surface area (Å²) < 4.78 is 40.9. The fraction of sp³-hybridized carbons (Fsp3) is 0.316. The number of rotatable bonds is 7. The number of aldehydes is 1. The van der Waals surface area contributed by atoms with Crippen molar-refractivity contribution in [2.45, 2.75) is 19.5 Å². The minimum absolute atomic E-state index is 0.0786. The molecule has 0 bridgehead atoms. The summed E-state index contributed by atoms with van der Waals surface area (Å²) in [6, 6.07) is 8.84. The Bertz CT molecular complexity index is 702. The first-order chi connectivity index (χ1) is 12.5. The zero-order chi connectivity index (χ0) is 19.5. The van der Waals surface area contributed by atoms with Gasteiger partial charge in [0.25, 0.3) is 0 Å². The zero-order valence-corrected chi connectivity index (χ0v) is 14.9. The lowest BCUT2D eigenvalue weighted by molar-refractivity contribution is -0.107. The third kappa shape index (κ3) is 6.27. The van der Waals surface area contributed by atoms with Crippen LogP contribution in [0.5, 0.6) is 0 Å². The number of methoxy groups -OCH3 is 3. The van der Waals surface area contributed by atoms with Crippen LogP contribution >= 0.6 is 0 Å². The molecule has 2 aromatic rings. The van der Waals surface area contributed by atoms with Crippen molar-refractivity contribution in [2.24, 2.45) is 0 Å². The maximum absolute atomic E-state index is 13.4. The molecule has 0 fully saturated rings. The van der Waals surface area contributed by atoms with E-state index in [1.165, 1.54) is 39.5 Å². The monoisotopic (exact) mass is 368 g/mol. The quantitative estimate of drug-likeness (QED) is 0.599. The molecule has 0 amide bonds. The Morgan fingerprint density at radius 2 is 1.62 bits per heavy atom. The van der Waals surface area contributed by atoms with Crippen LogP contribution in [0.25, 0.3) is 0 Å². The fourth-order valence-corrected chi connectivity index (χ4v) is 2.13. The first kappa shape index (κ1) is 21.9. The fourth-order valence-electron chi connectivity index (χ4n) is 2.13. The molecule has 7 heteroatoms. The van der Waals surface area contributed by atoms with Gasteiger partial charge in [0.15, 0.2) is 12.6 Å². The average molecular weight is 368 g/mol. The summed E-state index contributed by atoms with van der Waals surface area (Å²) in [4.78, 5) is 10.2. The van der Waals surface area contributed by atoms with E-state index in [4.69, 9.17) is 19.3 Å². The van der Waals surface area contributed by atoms with Crippen molar-refractivity contribution in [3.05, 3.63) is 70.3 Å². The van der Waals surface area contributed by atoms with E-state index in [1.54, 1.807) is 18.2 Å². The van der Waals surface area contributed by atoms with E-state index in [1.807, 2.05) is 0 Å². The van der Waals surface area contributed by atoms with Gasteiger partial charge in [0, 0.05) is 26.9 Å². The number of hydrogen-bond acceptors (Lipinski definition) is 5. The predicted octanol–water partition coefficient (Wildman–Crippen LogP) is 3.39. The average Bonchev–Trinajstić information content (AvgIpc) is 2.65. The van der Waals surface area contributed by atoms with Gasteiger partial charge in [-0.15, -0.1) is 0 Å². The van der Waals surface area contributed by atoms with Crippen molar-refractivity contribution in [3.8, 4) is 0 Å². The van der Waals surface area contributed by atoms with Gasteiger partial charge in [-0.25, -0.2) is 8.78 Å². The van der Waals surface area contributed by atoms with Crippen LogP contribution in [0.4, 0.5) is 8.78 Å². The van der Waals surface area contributed by atoms with Gasteiger partial charge in [0.05, 0.1) is 18.8 Å². The van der Waals surface area contributed by atoms with Crippen molar-refractivity contribution in [2.75, 3.05) is 21.3 Å². The molecule has 0 aliphatic rings. The van der Waals surface area contributed by atoms with Gasteiger partial charge < -0.3 is 19.3 Å². The summed E-state index contributed by atoms with van der Waals surface area (Å²) in [5, 5.41) is 8.78. The van der Waals surface area contributed by atoms with E-state index in [2.05, 4.69) is 0 Å². The number of carbonyl (C=O) groups excluding carboxylic acids is 1. The molecule has 0 saturated carbocycles. The molecule has 0 unspecified atom stereocenters. The van der Waals surface area contributed by atoms with Crippen LogP contribution < -0.4 is 0 Å². The minimum Gasteiger partial charge on any atom is -0.392 e. The number of aliphatic hydroxyl groups excluding tert-OH is 1. The van der Waals surface area contributed by atoms with Crippen LogP contribution in [0, 0.1) is 11.6 Å². The lowest BCUT2D eigenvalue weighted by atomic mass is 10.1. The van der Waals surface area contributed by atoms with Crippen LogP contribution in [-0.2, 0) is 27.4 Å². The van der Waals surface area contributed by atoms with Crippen molar-refractivity contribution in [1.29, 1.82) is 0 Å². The highest BCUT2D eigenvalue weighted by Gasteiger charge is 2.14. The molecule has 0 aliphatic heterocycles. The molecule has 0 heterocycles. The second-order valence-electron chi connectivity index (χ2n) is 5.22. The highest BCUT2D eigenvalue weighted by atomic mass is 19.1. The number of hydrogen-bond donors (Lipinski definition) is 1. The Kier molecular flexibility index (Phi) is 9.61. The van der Waals surface area contributed by atoms with Crippen LogP contribution in [0.1, 0.15) is 33.3 Å². The normalized spacial score (nSPS) is 10.4. The highest BCUT2D eigenvalue weighted by Crippen LogP contribution is 2.21. The van der Waals surface area contributed by atoms with Gasteiger partial charge in [-0.3, -0.25) is 4.79 Å². The third-order valence-corrected chi connectivity index (χ3v) is 3.43. The van der Waals surface area contributed by atoms with Crippen molar-refractivity contribution < 1.29 is 32.9 Å². The molecule has 0 aliphatic carbocycles. The van der Waals surface area contributed by atoms with Gasteiger partial charge in [0.1, 0.15) is 11.6 Å². The smallest absolute Gasteiger partial charge is 0.185 e. The van der Waals surface area contributed by atoms with Crippen LogP contribution in [0.15, 0.2) is 36.4 Å². The third-order valence-electron chi connectivity index (χ3n) is 3.43. The minimum atomic E-state index is -0.706. The maximum Gasteiger partial charge on any atom is 0.185 e. The molecule has 2 aromatic carbocycles. The van der Waals surface area contributed by atoms with E-state index in [-0.39, 0.29) is 12.2 Å². The standard InChI is InChI=1S/C10H13FO3.C9H9FO2/c1-13-10(14-2)8-4-3-7(6-12)5-9(8)11;1-12-6-7-2-3-8(5-11)9(10)4-7/h3-5,10,12H,6H2,1-2H3;2-5H,6H2,1H3. The van der Waals surface area contributed by atoms with Crippen LogP contribution in [0.2, 0.25) is 0 Å². The Morgan fingerprint density at radius 3 is 2.08 bits per heavy atom. The molecule has 142 valence electrons. The van der Waals surface area contributed by atoms with Gasteiger partial charge in [-0.1, -0.05) is 18.2 Å². The number of carbonyl (C=O) groups is 1. The molecule has 26 heavy (non-hydrogen) atoms. The SMILES string of the molecule is COC(OC)c1ccc(CO)cc1F.COCc1ccc(C=O)c(F)c1. The number of aliphatic hydroxyl groups is 1. The molecule has 1 N–H and O–H groups in total. The van der Waals surface area contributed by atoms with Crippen LogP contribution in [0.3, 0.4) is 0 Å². The molecule has 0 atom stereocenters. The first-order valence-electron chi connectivity index (χ1n) is 7.68. The molecule has 2 rings (SSSR count).